The number of thiophene rings is 1. The number of benzene rings is 1. The average Bonchev–Trinajstić information content (AvgIpc) is 2.61. The van der Waals surface area contributed by atoms with Gasteiger partial charge in [0.15, 0.2) is 0 Å². The molecular formula is C10H8OS2. The Kier molecular flexibility index (Phi) is 2.57. The van der Waals surface area contributed by atoms with E-state index >= 15 is 0 Å². The van der Waals surface area contributed by atoms with E-state index < -0.39 is 0 Å². The predicted octanol–water partition coefficient (Wildman–Crippen LogP) is 3.60. The van der Waals surface area contributed by atoms with E-state index in [0.29, 0.717) is 5.75 Å². The topological polar surface area (TPSA) is 20.2 Å². The molecule has 0 atom stereocenters. The third-order valence-corrected chi connectivity index (χ3v) is 3.67. The fourth-order valence-corrected chi connectivity index (χ4v) is 2.73. The molecule has 0 radical (unpaired) electrons. The Balaban J connectivity index is 2.24. The van der Waals surface area contributed by atoms with Gasteiger partial charge in [0.25, 0.3) is 0 Å². The molecule has 0 saturated carbocycles. The lowest BCUT2D eigenvalue weighted by molar-refractivity contribution is 0.462. The largest absolute Gasteiger partial charge is 0.507 e. The van der Waals surface area contributed by atoms with Gasteiger partial charge < -0.3 is 5.11 Å². The van der Waals surface area contributed by atoms with Crippen molar-refractivity contribution in [2.45, 2.75) is 9.10 Å². The van der Waals surface area contributed by atoms with Crippen LogP contribution in [0.4, 0.5) is 0 Å². The Morgan fingerprint density at radius 3 is 2.62 bits per heavy atom. The highest BCUT2D eigenvalue weighted by Gasteiger charge is 2.01. The molecule has 2 aromatic rings. The molecule has 1 heterocycles. The lowest BCUT2D eigenvalue weighted by Crippen LogP contribution is -1.70. The summed E-state index contributed by atoms with van der Waals surface area (Å²) in [5, 5.41) is 11.5. The van der Waals surface area contributed by atoms with Gasteiger partial charge in [-0.2, -0.15) is 0 Å². The van der Waals surface area contributed by atoms with Crippen molar-refractivity contribution in [3.8, 4) is 5.75 Å². The first-order valence-corrected chi connectivity index (χ1v) is 5.55. The number of aromatic hydroxyl groups is 1. The summed E-state index contributed by atoms with van der Waals surface area (Å²) in [6, 6.07) is 11.4. The molecule has 0 bridgehead atoms. The quantitative estimate of drug-likeness (QED) is 0.813. The van der Waals surface area contributed by atoms with E-state index in [1.807, 2.05) is 35.7 Å². The van der Waals surface area contributed by atoms with Crippen LogP contribution in [0.15, 0.2) is 50.9 Å². The van der Waals surface area contributed by atoms with Crippen LogP contribution in [0, 0.1) is 0 Å². The number of phenolic OH excluding ortho intramolecular Hbond substituents is 1. The van der Waals surface area contributed by atoms with Crippen molar-refractivity contribution in [2.75, 3.05) is 0 Å². The summed E-state index contributed by atoms with van der Waals surface area (Å²) in [4.78, 5) is 0.907. The van der Waals surface area contributed by atoms with Gasteiger partial charge in [-0.15, -0.1) is 11.3 Å². The normalized spacial score (nSPS) is 10.2. The highest BCUT2D eigenvalue weighted by atomic mass is 32.2. The van der Waals surface area contributed by atoms with Gasteiger partial charge in [0.05, 0.1) is 9.10 Å². The summed E-state index contributed by atoms with van der Waals surface area (Å²) >= 11 is 3.27. The van der Waals surface area contributed by atoms with E-state index in [-0.39, 0.29) is 0 Å². The third kappa shape index (κ3) is 2.05. The third-order valence-electron chi connectivity index (χ3n) is 1.57. The molecule has 1 aromatic heterocycles. The van der Waals surface area contributed by atoms with Crippen LogP contribution in [0.25, 0.3) is 0 Å². The van der Waals surface area contributed by atoms with Crippen LogP contribution >= 0.6 is 23.1 Å². The molecular weight excluding hydrogens is 200 g/mol. The second-order valence-electron chi connectivity index (χ2n) is 2.50. The van der Waals surface area contributed by atoms with Crippen molar-refractivity contribution >= 4 is 23.1 Å². The zero-order valence-corrected chi connectivity index (χ0v) is 8.44. The van der Waals surface area contributed by atoms with Gasteiger partial charge in [-0.1, -0.05) is 30.0 Å². The van der Waals surface area contributed by atoms with Gasteiger partial charge in [-0.3, -0.25) is 0 Å². The van der Waals surface area contributed by atoms with Crippen LogP contribution in [0.3, 0.4) is 0 Å². The molecule has 66 valence electrons. The Morgan fingerprint density at radius 2 is 1.92 bits per heavy atom. The lowest BCUT2D eigenvalue weighted by Gasteiger charge is -2.00. The second kappa shape index (κ2) is 3.85. The first kappa shape index (κ1) is 8.66. The molecule has 1 nitrogen and oxygen atoms in total. The minimum absolute atomic E-state index is 0.348. The van der Waals surface area contributed by atoms with Crippen LogP contribution in [0.2, 0.25) is 0 Å². The van der Waals surface area contributed by atoms with Crippen molar-refractivity contribution in [3.05, 3.63) is 41.8 Å². The number of hydrogen-bond acceptors (Lipinski definition) is 3. The maximum atomic E-state index is 9.49. The van der Waals surface area contributed by atoms with Crippen molar-refractivity contribution in [3.63, 3.8) is 0 Å². The fraction of sp³-hybridized carbons (Fsp3) is 0. The Labute approximate surface area is 85.0 Å². The molecule has 13 heavy (non-hydrogen) atoms. The first-order chi connectivity index (χ1) is 6.36. The molecule has 0 unspecified atom stereocenters. The second-order valence-corrected chi connectivity index (χ2v) is 4.79. The molecule has 0 fully saturated rings. The standard InChI is InChI=1S/C10H8OS2/c11-8-4-1-2-5-9(8)13-10-6-3-7-12-10/h1-7,11H. The summed E-state index contributed by atoms with van der Waals surface area (Å²) in [6.45, 7) is 0. The van der Waals surface area contributed by atoms with E-state index in [2.05, 4.69) is 0 Å². The van der Waals surface area contributed by atoms with E-state index in [9.17, 15) is 5.11 Å². The SMILES string of the molecule is Oc1ccccc1Sc1cccs1. The monoisotopic (exact) mass is 208 g/mol. The molecule has 3 heteroatoms. The van der Waals surface area contributed by atoms with Gasteiger partial charge in [-0.25, -0.2) is 0 Å². The fourth-order valence-electron chi connectivity index (χ4n) is 0.973. The number of hydrogen-bond donors (Lipinski definition) is 1. The van der Waals surface area contributed by atoms with E-state index in [4.69, 9.17) is 0 Å². The average molecular weight is 208 g/mol. The Morgan fingerprint density at radius 1 is 1.08 bits per heavy atom. The molecule has 0 aliphatic heterocycles. The minimum Gasteiger partial charge on any atom is -0.507 e. The van der Waals surface area contributed by atoms with E-state index in [1.165, 1.54) is 4.21 Å². The van der Waals surface area contributed by atoms with Gasteiger partial charge in [0.2, 0.25) is 0 Å². The Hall–Kier alpha value is -0.930. The van der Waals surface area contributed by atoms with Crippen LogP contribution < -0.4 is 0 Å². The summed E-state index contributed by atoms with van der Waals surface area (Å²) < 4.78 is 1.20. The van der Waals surface area contributed by atoms with E-state index in [0.717, 1.165) is 4.90 Å². The van der Waals surface area contributed by atoms with E-state index in [1.54, 1.807) is 29.2 Å². The zero-order valence-electron chi connectivity index (χ0n) is 6.81. The summed E-state index contributed by atoms with van der Waals surface area (Å²) in [5.74, 6) is 0.348. The molecule has 1 N–H and O–H groups in total. The van der Waals surface area contributed by atoms with Gasteiger partial charge >= 0.3 is 0 Å². The molecule has 0 aliphatic rings. The minimum atomic E-state index is 0.348. The molecule has 2 rings (SSSR count). The summed E-state index contributed by atoms with van der Waals surface area (Å²) in [5.41, 5.74) is 0. The highest BCUT2D eigenvalue weighted by Crippen LogP contribution is 2.36. The maximum absolute atomic E-state index is 9.49. The molecule has 0 amide bonds. The zero-order chi connectivity index (χ0) is 9.10. The number of para-hydroxylation sites is 1. The highest BCUT2D eigenvalue weighted by molar-refractivity contribution is 8.01. The maximum Gasteiger partial charge on any atom is 0.129 e. The lowest BCUT2D eigenvalue weighted by atomic mass is 10.3. The van der Waals surface area contributed by atoms with Gasteiger partial charge in [0.1, 0.15) is 5.75 Å². The van der Waals surface area contributed by atoms with Crippen LogP contribution in [0.5, 0.6) is 5.75 Å². The van der Waals surface area contributed by atoms with Crippen LogP contribution in [-0.4, -0.2) is 5.11 Å². The summed E-state index contributed by atoms with van der Waals surface area (Å²) in [7, 11) is 0. The molecule has 0 saturated heterocycles. The number of rotatable bonds is 2. The van der Waals surface area contributed by atoms with Crippen molar-refractivity contribution < 1.29 is 5.11 Å². The van der Waals surface area contributed by atoms with Crippen molar-refractivity contribution in [1.82, 2.24) is 0 Å². The Bertz CT molecular complexity index is 382. The number of phenols is 1. The predicted molar refractivity (Wildman–Crippen MR) is 56.5 cm³/mol. The van der Waals surface area contributed by atoms with Crippen molar-refractivity contribution in [2.24, 2.45) is 0 Å². The molecule has 1 aromatic carbocycles. The summed E-state index contributed by atoms with van der Waals surface area (Å²) in [6.07, 6.45) is 0. The smallest absolute Gasteiger partial charge is 0.129 e. The molecule has 0 spiro atoms. The van der Waals surface area contributed by atoms with Crippen LogP contribution in [-0.2, 0) is 0 Å². The molecule has 0 aliphatic carbocycles. The van der Waals surface area contributed by atoms with Crippen molar-refractivity contribution in [1.29, 1.82) is 0 Å². The van der Waals surface area contributed by atoms with Gasteiger partial charge in [0, 0.05) is 0 Å². The van der Waals surface area contributed by atoms with Gasteiger partial charge in [-0.05, 0) is 23.6 Å². The van der Waals surface area contributed by atoms with Crippen LogP contribution in [0.1, 0.15) is 0 Å². The first-order valence-electron chi connectivity index (χ1n) is 3.85.